The zero-order chi connectivity index (χ0) is 17.2. The van der Waals surface area contributed by atoms with Crippen LogP contribution in [0.5, 0.6) is 0 Å². The van der Waals surface area contributed by atoms with Crippen LogP contribution in [0.3, 0.4) is 0 Å². The van der Waals surface area contributed by atoms with Crippen LogP contribution >= 0.6 is 23.2 Å². The number of carbonyl (C=O) groups is 1. The topological polar surface area (TPSA) is 66.2 Å². The third-order valence-electron chi connectivity index (χ3n) is 4.07. The predicted octanol–water partition coefficient (Wildman–Crippen LogP) is 2.95. The predicted molar refractivity (Wildman–Crippen MR) is 89.1 cm³/mol. The Morgan fingerprint density at radius 2 is 2.08 bits per heavy atom. The fourth-order valence-electron chi connectivity index (χ4n) is 2.75. The molecular weight excluding hydrogens is 353 g/mol. The molecule has 0 N–H and O–H groups in total. The number of nitrogens with zero attached hydrogens (tertiary/aromatic N) is 3. The lowest BCUT2D eigenvalue weighted by Crippen LogP contribution is -2.45. The highest BCUT2D eigenvalue weighted by Gasteiger charge is 2.41. The van der Waals surface area contributed by atoms with Gasteiger partial charge in [-0.15, -0.1) is 0 Å². The fourth-order valence-corrected chi connectivity index (χ4v) is 3.07. The Kier molecular flexibility index (Phi) is 5.20. The number of hydrogen-bond acceptors (Lipinski definition) is 5. The van der Waals surface area contributed by atoms with Gasteiger partial charge in [0.2, 0.25) is 0 Å². The number of Topliss-reactive ketones (excluding diaryl/α,β-unsaturated/α-hetero) is 1. The van der Waals surface area contributed by atoms with Gasteiger partial charge in [-0.25, -0.2) is 9.67 Å². The largest absolute Gasteiger partial charge is 0.354 e. The molecule has 0 spiro atoms. The van der Waals surface area contributed by atoms with Gasteiger partial charge in [-0.1, -0.05) is 29.3 Å². The summed E-state index contributed by atoms with van der Waals surface area (Å²) in [5.41, 5.74) is 0.157. The van der Waals surface area contributed by atoms with Crippen molar-refractivity contribution >= 4 is 29.0 Å². The summed E-state index contributed by atoms with van der Waals surface area (Å²) in [6.45, 7) is 2.69. The first kappa shape index (κ1) is 17.4. The molecule has 3 rings (SSSR count). The molecule has 0 amide bonds. The first-order valence-electron chi connectivity index (χ1n) is 7.47. The van der Waals surface area contributed by atoms with Crippen LogP contribution in [-0.2, 0) is 20.7 Å². The summed E-state index contributed by atoms with van der Waals surface area (Å²) < 4.78 is 12.2. The zero-order valence-corrected chi connectivity index (χ0v) is 14.6. The Morgan fingerprint density at radius 1 is 1.33 bits per heavy atom. The van der Waals surface area contributed by atoms with Gasteiger partial charge in [0.1, 0.15) is 25.5 Å². The summed E-state index contributed by atoms with van der Waals surface area (Å²) in [4.78, 5) is 17.1. The Balaban J connectivity index is 1.89. The summed E-state index contributed by atoms with van der Waals surface area (Å²) in [6.07, 6.45) is 3.37. The molecule has 6 nitrogen and oxygen atoms in total. The van der Waals surface area contributed by atoms with E-state index < -0.39 is 11.5 Å². The van der Waals surface area contributed by atoms with Gasteiger partial charge < -0.3 is 9.47 Å². The van der Waals surface area contributed by atoms with Crippen LogP contribution in [0.25, 0.3) is 0 Å². The zero-order valence-electron chi connectivity index (χ0n) is 13.1. The lowest BCUT2D eigenvalue weighted by Gasteiger charge is -2.34. The second kappa shape index (κ2) is 7.19. The van der Waals surface area contributed by atoms with Gasteiger partial charge in [0.05, 0.1) is 28.7 Å². The second-order valence-corrected chi connectivity index (χ2v) is 6.90. The molecule has 1 unspecified atom stereocenters. The maximum absolute atomic E-state index is 13.2. The summed E-state index contributed by atoms with van der Waals surface area (Å²) >= 11 is 12.0. The summed E-state index contributed by atoms with van der Waals surface area (Å²) in [7, 11) is 0. The van der Waals surface area contributed by atoms with Gasteiger partial charge in [-0.05, 0) is 24.6 Å². The van der Waals surface area contributed by atoms with Crippen LogP contribution in [0.2, 0.25) is 10.0 Å². The van der Waals surface area contributed by atoms with Crippen molar-refractivity contribution < 1.29 is 14.3 Å². The molecule has 1 aromatic carbocycles. The Labute approximate surface area is 149 Å². The first-order chi connectivity index (χ1) is 11.5. The van der Waals surface area contributed by atoms with Gasteiger partial charge >= 0.3 is 0 Å². The smallest absolute Gasteiger partial charge is 0.168 e. The van der Waals surface area contributed by atoms with E-state index >= 15 is 0 Å². The fraction of sp³-hybridized carbons (Fsp3) is 0.438. The van der Waals surface area contributed by atoms with E-state index in [2.05, 4.69) is 10.1 Å². The van der Waals surface area contributed by atoms with E-state index in [-0.39, 0.29) is 12.6 Å². The number of rotatable bonds is 5. The van der Waals surface area contributed by atoms with Crippen molar-refractivity contribution in [3.05, 3.63) is 46.5 Å². The molecule has 2 aromatic rings. The van der Waals surface area contributed by atoms with Crippen LogP contribution in [0.1, 0.15) is 18.5 Å². The van der Waals surface area contributed by atoms with Crippen LogP contribution in [0.4, 0.5) is 0 Å². The van der Waals surface area contributed by atoms with Crippen molar-refractivity contribution in [2.24, 2.45) is 5.41 Å². The lowest BCUT2D eigenvalue weighted by molar-refractivity contribution is -0.174. The highest BCUT2D eigenvalue weighted by molar-refractivity contribution is 6.42. The third kappa shape index (κ3) is 3.62. The quantitative estimate of drug-likeness (QED) is 0.810. The average Bonchev–Trinajstić information content (AvgIpc) is 3.10. The normalized spacial score (nSPS) is 18.3. The van der Waals surface area contributed by atoms with Crippen LogP contribution < -0.4 is 0 Å². The molecule has 2 heterocycles. The van der Waals surface area contributed by atoms with Gasteiger partial charge in [0, 0.05) is 6.42 Å². The van der Waals surface area contributed by atoms with Crippen LogP contribution in [0, 0.1) is 5.41 Å². The van der Waals surface area contributed by atoms with E-state index in [1.807, 2.05) is 13.0 Å². The molecule has 128 valence electrons. The maximum Gasteiger partial charge on any atom is 0.168 e. The molecule has 8 heteroatoms. The minimum atomic E-state index is -0.731. The maximum atomic E-state index is 13.2. The van der Waals surface area contributed by atoms with E-state index in [0.29, 0.717) is 29.7 Å². The Bertz CT molecular complexity index is 715. The van der Waals surface area contributed by atoms with Gasteiger partial charge in [0.15, 0.2) is 5.78 Å². The first-order valence-corrected chi connectivity index (χ1v) is 8.23. The molecule has 1 fully saturated rings. The number of halogens is 2. The molecule has 1 atom stereocenters. The molecule has 1 saturated heterocycles. The van der Waals surface area contributed by atoms with Crippen molar-refractivity contribution in [2.45, 2.75) is 19.4 Å². The number of hydrogen-bond donors (Lipinski definition) is 0. The van der Waals surface area contributed by atoms with Crippen molar-refractivity contribution in [1.29, 1.82) is 0 Å². The number of benzene rings is 1. The number of ketones is 1. The van der Waals surface area contributed by atoms with Crippen molar-refractivity contribution in [3.63, 3.8) is 0 Å². The minimum Gasteiger partial charge on any atom is -0.354 e. The highest BCUT2D eigenvalue weighted by Crippen LogP contribution is 2.31. The molecule has 0 bridgehead atoms. The van der Waals surface area contributed by atoms with Crippen LogP contribution in [0.15, 0.2) is 30.9 Å². The highest BCUT2D eigenvalue weighted by atomic mass is 35.5. The van der Waals surface area contributed by atoms with Crippen molar-refractivity contribution in [1.82, 2.24) is 14.8 Å². The van der Waals surface area contributed by atoms with Crippen molar-refractivity contribution in [2.75, 3.05) is 20.0 Å². The lowest BCUT2D eigenvalue weighted by atomic mass is 9.81. The van der Waals surface area contributed by atoms with E-state index in [9.17, 15) is 4.79 Å². The summed E-state index contributed by atoms with van der Waals surface area (Å²) in [5.74, 6) is -0.0150. The Morgan fingerprint density at radius 3 is 2.71 bits per heavy atom. The van der Waals surface area contributed by atoms with E-state index in [1.165, 1.54) is 12.7 Å². The number of carbonyl (C=O) groups excluding carboxylic acids is 1. The van der Waals surface area contributed by atoms with E-state index in [0.717, 1.165) is 5.56 Å². The Hall–Kier alpha value is -1.47. The minimum absolute atomic E-state index is 0.0150. The standard InChI is InChI=1S/C16H17Cl2N3O3/c1-16(6-23-10-24-7-16)15(22)14(21-9-19-8-20-21)5-11-2-3-12(17)13(18)4-11/h2-4,8-9,14H,5-7,10H2,1H3. The molecule has 0 saturated carbocycles. The number of ether oxygens (including phenoxy) is 2. The summed E-state index contributed by atoms with van der Waals surface area (Å²) in [6, 6.07) is 4.80. The van der Waals surface area contributed by atoms with Gasteiger partial charge in [-0.3, -0.25) is 4.79 Å². The second-order valence-electron chi connectivity index (χ2n) is 6.08. The van der Waals surface area contributed by atoms with E-state index in [1.54, 1.807) is 16.8 Å². The van der Waals surface area contributed by atoms with E-state index in [4.69, 9.17) is 32.7 Å². The molecule has 24 heavy (non-hydrogen) atoms. The molecule has 0 radical (unpaired) electrons. The van der Waals surface area contributed by atoms with Crippen LogP contribution in [-0.4, -0.2) is 40.6 Å². The molecule has 1 aromatic heterocycles. The average molecular weight is 370 g/mol. The molecule has 0 aliphatic carbocycles. The monoisotopic (exact) mass is 369 g/mol. The third-order valence-corrected chi connectivity index (χ3v) is 4.81. The molecule has 1 aliphatic rings. The SMILES string of the molecule is CC1(C(=O)C(Cc2ccc(Cl)c(Cl)c2)n2cncn2)COCOC1. The summed E-state index contributed by atoms with van der Waals surface area (Å²) in [5, 5.41) is 5.07. The number of aromatic nitrogens is 3. The van der Waals surface area contributed by atoms with Crippen molar-refractivity contribution in [3.8, 4) is 0 Å². The molecular formula is C16H17Cl2N3O3. The van der Waals surface area contributed by atoms with Gasteiger partial charge in [-0.2, -0.15) is 5.10 Å². The molecule has 1 aliphatic heterocycles. The van der Waals surface area contributed by atoms with Gasteiger partial charge in [0.25, 0.3) is 0 Å².